The van der Waals surface area contributed by atoms with Crippen molar-refractivity contribution in [3.05, 3.63) is 53.0 Å². The van der Waals surface area contributed by atoms with Gasteiger partial charge in [0.2, 0.25) is 10.0 Å². The van der Waals surface area contributed by atoms with E-state index in [4.69, 9.17) is 9.94 Å². The van der Waals surface area contributed by atoms with E-state index in [1.807, 2.05) is 0 Å². The van der Waals surface area contributed by atoms with E-state index in [1.54, 1.807) is 47.9 Å². The summed E-state index contributed by atoms with van der Waals surface area (Å²) in [7, 11) is -4.01. The molecule has 1 aliphatic heterocycles. The molecule has 1 fully saturated rings. The smallest absolute Gasteiger partial charge is 0.262 e. The number of sulfonamides is 1. The molecule has 27 heavy (non-hydrogen) atoms. The second-order valence-corrected chi connectivity index (χ2v) is 9.61. The Kier molecular flexibility index (Phi) is 6.43. The molecule has 2 aromatic carbocycles. The number of amides is 1. The molecule has 1 saturated heterocycles. The van der Waals surface area contributed by atoms with E-state index in [-0.39, 0.29) is 22.9 Å². The van der Waals surface area contributed by atoms with Crippen LogP contribution in [0.3, 0.4) is 0 Å². The number of halogens is 1. The van der Waals surface area contributed by atoms with Crippen molar-refractivity contribution in [2.24, 2.45) is 0 Å². The van der Waals surface area contributed by atoms with Gasteiger partial charge >= 0.3 is 0 Å². The fraction of sp³-hybridized carbons (Fsp3) is 0.235. The molecule has 1 aliphatic rings. The lowest BCUT2D eigenvalue weighted by Gasteiger charge is -2.33. The van der Waals surface area contributed by atoms with Crippen molar-refractivity contribution >= 4 is 43.6 Å². The van der Waals surface area contributed by atoms with Gasteiger partial charge in [-0.05, 0) is 36.4 Å². The Hall–Kier alpha value is -1.59. The molecule has 1 amide bonds. The zero-order valence-electron chi connectivity index (χ0n) is 14.0. The SMILES string of the molecule is O=C(NO)[C@@H]1CSCCN1S(=O)(=O)c1ccccc1Oc1ccc(Br)cc1. The average Bonchev–Trinajstić information content (AvgIpc) is 2.69. The first kappa shape index (κ1) is 20.2. The summed E-state index contributed by atoms with van der Waals surface area (Å²) in [5.74, 6) is 0.726. The topological polar surface area (TPSA) is 95.9 Å². The lowest BCUT2D eigenvalue weighted by molar-refractivity contribution is -0.132. The van der Waals surface area contributed by atoms with Gasteiger partial charge in [0, 0.05) is 22.5 Å². The first-order valence-electron chi connectivity index (χ1n) is 7.99. The molecule has 3 rings (SSSR count). The van der Waals surface area contributed by atoms with Crippen LogP contribution in [0.2, 0.25) is 0 Å². The third-order valence-corrected chi connectivity index (χ3v) is 7.47. The predicted molar refractivity (Wildman–Crippen MR) is 106 cm³/mol. The number of nitrogens with one attached hydrogen (secondary N) is 1. The molecule has 2 N–H and O–H groups in total. The molecule has 1 atom stereocenters. The Morgan fingerprint density at radius 2 is 1.93 bits per heavy atom. The number of thioether (sulfide) groups is 1. The Bertz CT molecular complexity index is 921. The van der Waals surface area contributed by atoms with E-state index in [2.05, 4.69) is 15.9 Å². The van der Waals surface area contributed by atoms with Crippen molar-refractivity contribution in [2.75, 3.05) is 18.1 Å². The van der Waals surface area contributed by atoms with Crippen LogP contribution >= 0.6 is 27.7 Å². The van der Waals surface area contributed by atoms with Crippen molar-refractivity contribution < 1.29 is 23.2 Å². The largest absolute Gasteiger partial charge is 0.456 e. The van der Waals surface area contributed by atoms with Crippen LogP contribution in [0.1, 0.15) is 0 Å². The van der Waals surface area contributed by atoms with E-state index in [9.17, 15) is 13.2 Å². The summed E-state index contributed by atoms with van der Waals surface area (Å²) in [6.45, 7) is 0.164. The molecule has 0 aromatic heterocycles. The first-order chi connectivity index (χ1) is 12.9. The Morgan fingerprint density at radius 1 is 1.22 bits per heavy atom. The fourth-order valence-corrected chi connectivity index (χ4v) is 5.89. The van der Waals surface area contributed by atoms with Crippen molar-refractivity contribution in [1.29, 1.82) is 0 Å². The molecule has 0 bridgehead atoms. The van der Waals surface area contributed by atoms with Gasteiger partial charge in [0.25, 0.3) is 5.91 Å². The molecule has 7 nitrogen and oxygen atoms in total. The zero-order chi connectivity index (χ0) is 19.4. The van der Waals surface area contributed by atoms with Gasteiger partial charge in [-0.1, -0.05) is 28.1 Å². The third kappa shape index (κ3) is 4.46. The number of rotatable bonds is 5. The molecule has 0 radical (unpaired) electrons. The van der Waals surface area contributed by atoms with Crippen LogP contribution in [0.5, 0.6) is 11.5 Å². The number of hydrogen-bond acceptors (Lipinski definition) is 6. The minimum absolute atomic E-state index is 0.0319. The number of carbonyl (C=O) groups excluding carboxylic acids is 1. The van der Waals surface area contributed by atoms with Crippen molar-refractivity contribution in [1.82, 2.24) is 9.79 Å². The number of ether oxygens (including phenoxy) is 1. The van der Waals surface area contributed by atoms with Crippen LogP contribution in [-0.2, 0) is 14.8 Å². The van der Waals surface area contributed by atoms with Gasteiger partial charge in [-0.25, -0.2) is 13.9 Å². The van der Waals surface area contributed by atoms with E-state index in [1.165, 1.54) is 17.8 Å². The highest BCUT2D eigenvalue weighted by Crippen LogP contribution is 2.33. The Morgan fingerprint density at radius 3 is 2.63 bits per heavy atom. The van der Waals surface area contributed by atoms with Gasteiger partial charge < -0.3 is 4.74 Å². The summed E-state index contributed by atoms with van der Waals surface area (Å²) in [5, 5.41) is 8.95. The quantitative estimate of drug-likeness (QED) is 0.512. The molecule has 1 heterocycles. The standard InChI is InChI=1S/C17H17BrN2O5S2/c18-12-5-7-13(8-6-12)25-15-3-1-2-4-16(15)27(23,24)20-9-10-26-11-14(20)17(21)19-22/h1-8,14,22H,9-11H2,(H,19,21)/t14-/m0/s1. The average molecular weight is 473 g/mol. The lowest BCUT2D eigenvalue weighted by atomic mass is 10.3. The minimum Gasteiger partial charge on any atom is -0.456 e. The normalized spacial score (nSPS) is 18.1. The first-order valence-corrected chi connectivity index (χ1v) is 11.4. The second kappa shape index (κ2) is 8.61. The molecule has 0 saturated carbocycles. The predicted octanol–water partition coefficient (Wildman–Crippen LogP) is 2.85. The van der Waals surface area contributed by atoms with Crippen LogP contribution < -0.4 is 10.2 Å². The molecule has 2 aromatic rings. The van der Waals surface area contributed by atoms with E-state index >= 15 is 0 Å². The number of hydroxylamine groups is 1. The summed E-state index contributed by atoms with van der Waals surface area (Å²) in [6, 6.07) is 12.3. The van der Waals surface area contributed by atoms with Crippen LogP contribution in [0.15, 0.2) is 57.9 Å². The highest BCUT2D eigenvalue weighted by Gasteiger charge is 2.39. The van der Waals surface area contributed by atoms with E-state index in [0.717, 1.165) is 8.78 Å². The monoisotopic (exact) mass is 472 g/mol. The second-order valence-electron chi connectivity index (χ2n) is 5.69. The van der Waals surface area contributed by atoms with Gasteiger partial charge in [0.15, 0.2) is 0 Å². The van der Waals surface area contributed by atoms with Crippen LogP contribution in [0, 0.1) is 0 Å². The number of hydrogen-bond donors (Lipinski definition) is 2. The van der Waals surface area contributed by atoms with Gasteiger partial charge in [-0.2, -0.15) is 16.1 Å². The Labute approximate surface area is 169 Å². The van der Waals surface area contributed by atoms with Crippen molar-refractivity contribution in [3.8, 4) is 11.5 Å². The molecule has 0 aliphatic carbocycles. The van der Waals surface area contributed by atoms with Crippen LogP contribution in [0.25, 0.3) is 0 Å². The maximum absolute atomic E-state index is 13.3. The van der Waals surface area contributed by atoms with Gasteiger partial charge in [-0.3, -0.25) is 10.0 Å². The highest BCUT2D eigenvalue weighted by molar-refractivity contribution is 9.10. The summed E-state index contributed by atoms with van der Waals surface area (Å²) < 4.78 is 34.3. The summed E-state index contributed by atoms with van der Waals surface area (Å²) in [6.07, 6.45) is 0. The Balaban J connectivity index is 1.96. The summed E-state index contributed by atoms with van der Waals surface area (Å²) in [4.78, 5) is 11.9. The van der Waals surface area contributed by atoms with Gasteiger partial charge in [0.05, 0.1) is 0 Å². The van der Waals surface area contributed by atoms with Gasteiger partial charge in [0.1, 0.15) is 22.4 Å². The molecule has 10 heteroatoms. The number of para-hydroxylation sites is 1. The highest BCUT2D eigenvalue weighted by atomic mass is 79.9. The molecule has 144 valence electrons. The molecular weight excluding hydrogens is 456 g/mol. The van der Waals surface area contributed by atoms with Crippen molar-refractivity contribution in [2.45, 2.75) is 10.9 Å². The number of carbonyl (C=O) groups is 1. The molecular formula is C17H17BrN2O5S2. The van der Waals surface area contributed by atoms with Crippen molar-refractivity contribution in [3.63, 3.8) is 0 Å². The third-order valence-electron chi connectivity index (χ3n) is 3.97. The number of benzene rings is 2. The van der Waals surface area contributed by atoms with E-state index < -0.39 is 22.0 Å². The molecule has 0 unspecified atom stereocenters. The maximum atomic E-state index is 13.3. The van der Waals surface area contributed by atoms with Crippen LogP contribution in [-0.4, -0.2) is 47.9 Å². The zero-order valence-corrected chi connectivity index (χ0v) is 17.3. The number of nitrogens with zero attached hydrogens (tertiary/aromatic N) is 1. The van der Waals surface area contributed by atoms with E-state index in [0.29, 0.717) is 11.5 Å². The summed E-state index contributed by atoms with van der Waals surface area (Å²) in [5.41, 5.74) is 1.55. The minimum atomic E-state index is -4.01. The fourth-order valence-electron chi connectivity index (χ4n) is 2.66. The van der Waals surface area contributed by atoms with Crippen LogP contribution in [0.4, 0.5) is 0 Å². The van der Waals surface area contributed by atoms with Gasteiger partial charge in [-0.15, -0.1) is 0 Å². The maximum Gasteiger partial charge on any atom is 0.262 e. The summed E-state index contributed by atoms with van der Waals surface area (Å²) >= 11 is 4.79. The lowest BCUT2D eigenvalue weighted by Crippen LogP contribution is -2.53. The molecule has 0 spiro atoms.